The van der Waals surface area contributed by atoms with Gasteiger partial charge < -0.3 is 75.5 Å². The molecule has 5 aromatic carbocycles. The number of hydrogen-bond acceptors (Lipinski definition) is 16. The zero-order chi connectivity index (χ0) is 38.0. The fraction of sp³-hybridized carbons (Fsp3) is 0.162. The van der Waals surface area contributed by atoms with Crippen LogP contribution in [0.4, 0.5) is 0 Å². The van der Waals surface area contributed by atoms with Crippen molar-refractivity contribution < 1.29 is 80.3 Å². The van der Waals surface area contributed by atoms with Crippen LogP contribution in [0.25, 0.3) is 0 Å². The van der Waals surface area contributed by atoms with Crippen molar-refractivity contribution in [2.75, 3.05) is 0 Å². The van der Waals surface area contributed by atoms with Crippen LogP contribution in [-0.2, 0) is 11.2 Å². The third-order valence-corrected chi connectivity index (χ3v) is 9.20. The topological polar surface area (TPSA) is 288 Å². The van der Waals surface area contributed by atoms with E-state index in [1.807, 2.05) is 0 Å². The summed E-state index contributed by atoms with van der Waals surface area (Å²) >= 11 is 0. The zero-order valence-corrected chi connectivity index (χ0v) is 26.9. The molecule has 2 aliphatic heterocycles. The van der Waals surface area contributed by atoms with Gasteiger partial charge in [-0.3, -0.25) is 0 Å². The lowest BCUT2D eigenvalue weighted by molar-refractivity contribution is -0.0285. The second-order valence-electron chi connectivity index (χ2n) is 12.6. The molecule has 0 spiro atoms. The van der Waals surface area contributed by atoms with Crippen LogP contribution in [0.3, 0.4) is 0 Å². The minimum Gasteiger partial charge on any atom is -0.508 e. The first-order chi connectivity index (χ1) is 25.1. The number of aromatic hydroxyl groups is 11. The maximum absolute atomic E-state index is 13.8. The van der Waals surface area contributed by atoms with Crippen LogP contribution >= 0.6 is 0 Å². The summed E-state index contributed by atoms with van der Waals surface area (Å²) < 4.78 is 18.4. The molecule has 16 heteroatoms. The second kappa shape index (κ2) is 12.6. The van der Waals surface area contributed by atoms with E-state index in [2.05, 4.69) is 0 Å². The number of phenolic OH excluding ortho intramolecular Hbond substituents is 11. The quantitative estimate of drug-likeness (QED) is 0.0899. The van der Waals surface area contributed by atoms with Gasteiger partial charge in [0.1, 0.15) is 40.6 Å². The molecule has 2 aliphatic rings. The summed E-state index contributed by atoms with van der Waals surface area (Å²) in [5.41, 5.74) is -0.728. The molecule has 5 aromatic rings. The Labute approximate surface area is 297 Å². The second-order valence-corrected chi connectivity index (χ2v) is 12.6. The van der Waals surface area contributed by atoms with Gasteiger partial charge in [-0.1, -0.05) is 12.1 Å². The SMILES string of the molecule is O=C(O[C@H]1[C@@H](c2c(O)cc(O)c3c2OC(c2ccc(O)c(O)c2)C(O)C3)c2c(O)cc(O)cc2O[C@@H]1c1ccc(O)c(O)c1)c1cc(O)c(O)c(O)c1. The lowest BCUT2D eigenvalue weighted by Crippen LogP contribution is -2.39. The number of benzene rings is 5. The molecule has 0 aromatic heterocycles. The predicted octanol–water partition coefficient (Wildman–Crippen LogP) is 3.98. The summed E-state index contributed by atoms with van der Waals surface area (Å²) in [5.74, 6) is -10.4. The molecule has 0 radical (unpaired) electrons. The molecular weight excluding hydrogens is 700 g/mol. The first-order valence-corrected chi connectivity index (χ1v) is 15.8. The van der Waals surface area contributed by atoms with Gasteiger partial charge >= 0.3 is 5.97 Å². The van der Waals surface area contributed by atoms with Crippen molar-refractivity contribution in [3.8, 4) is 74.7 Å². The molecule has 0 fully saturated rings. The molecule has 12 N–H and O–H groups in total. The van der Waals surface area contributed by atoms with E-state index in [1.54, 1.807) is 0 Å². The van der Waals surface area contributed by atoms with Crippen molar-refractivity contribution in [3.05, 3.63) is 100 Å². The van der Waals surface area contributed by atoms with Crippen LogP contribution in [0.5, 0.6) is 74.7 Å². The number of ether oxygens (including phenoxy) is 3. The third-order valence-electron chi connectivity index (χ3n) is 9.20. The number of carbonyl (C=O) groups is 1. The lowest BCUT2D eigenvalue weighted by Gasteiger charge is -2.41. The Kier molecular flexibility index (Phi) is 8.18. The van der Waals surface area contributed by atoms with E-state index in [9.17, 15) is 66.1 Å². The van der Waals surface area contributed by atoms with Gasteiger partial charge in [0, 0.05) is 46.9 Å². The van der Waals surface area contributed by atoms with E-state index in [4.69, 9.17) is 14.2 Å². The highest BCUT2D eigenvalue weighted by Gasteiger charge is 2.49. The number of fused-ring (bicyclic) bond motifs is 2. The van der Waals surface area contributed by atoms with Crippen molar-refractivity contribution in [2.24, 2.45) is 0 Å². The smallest absolute Gasteiger partial charge is 0.338 e. The zero-order valence-electron chi connectivity index (χ0n) is 26.9. The van der Waals surface area contributed by atoms with Gasteiger partial charge in [0.25, 0.3) is 0 Å². The molecule has 0 aliphatic carbocycles. The van der Waals surface area contributed by atoms with E-state index in [0.29, 0.717) is 0 Å². The Morgan fingerprint density at radius 2 is 1.17 bits per heavy atom. The van der Waals surface area contributed by atoms with E-state index >= 15 is 0 Å². The predicted molar refractivity (Wildman–Crippen MR) is 178 cm³/mol. The average molecular weight is 731 g/mol. The summed E-state index contributed by atoms with van der Waals surface area (Å²) in [5, 5.41) is 126. The number of aliphatic hydroxyl groups excluding tert-OH is 1. The molecule has 2 unspecified atom stereocenters. The van der Waals surface area contributed by atoms with Crippen molar-refractivity contribution in [1.29, 1.82) is 0 Å². The number of hydrogen-bond donors (Lipinski definition) is 12. The van der Waals surface area contributed by atoms with Gasteiger partial charge in [-0.2, -0.15) is 0 Å². The van der Waals surface area contributed by atoms with Crippen LogP contribution in [0, 0.1) is 0 Å². The van der Waals surface area contributed by atoms with E-state index in [0.717, 1.165) is 54.6 Å². The van der Waals surface area contributed by atoms with E-state index < -0.39 is 105 Å². The molecule has 0 saturated heterocycles. The summed E-state index contributed by atoms with van der Waals surface area (Å²) in [6, 6.07) is 11.7. The van der Waals surface area contributed by atoms with Gasteiger partial charge in [-0.15, -0.1) is 0 Å². The third kappa shape index (κ3) is 5.85. The standard InChI is InChI=1S/C37H30O16/c38-16-9-23(44)29-28(10-16)51-34(14-2-4-19(40)22(43)6-14)36(53-37(50)15-7-25(46)32(49)26(47)8-15)31(29)30-24(45)12-20(41)17-11-27(48)33(52-35(17)30)13-1-3-18(39)21(42)5-13/h1-10,12,27,31,33-34,36,38-49H,11H2/t27?,31-,33?,34-,36+/m1/s1. The minimum absolute atomic E-state index is 0.0341. The molecule has 53 heavy (non-hydrogen) atoms. The summed E-state index contributed by atoms with van der Waals surface area (Å²) in [7, 11) is 0. The van der Waals surface area contributed by atoms with Crippen molar-refractivity contribution in [1.82, 2.24) is 0 Å². The molecule has 2 heterocycles. The van der Waals surface area contributed by atoms with Crippen molar-refractivity contribution >= 4 is 5.97 Å². The fourth-order valence-electron chi connectivity index (χ4n) is 6.73. The normalized spacial score (nSPS) is 20.4. The highest BCUT2D eigenvalue weighted by molar-refractivity contribution is 5.91. The number of aliphatic hydroxyl groups is 1. The van der Waals surface area contributed by atoms with Crippen LogP contribution in [0.15, 0.2) is 66.7 Å². The minimum atomic E-state index is -1.72. The van der Waals surface area contributed by atoms with Gasteiger partial charge in [-0.25, -0.2) is 4.79 Å². The van der Waals surface area contributed by atoms with Crippen molar-refractivity contribution in [2.45, 2.75) is 36.8 Å². The maximum atomic E-state index is 13.8. The van der Waals surface area contributed by atoms with Crippen LogP contribution < -0.4 is 9.47 Å². The molecule has 0 bridgehead atoms. The first-order valence-electron chi connectivity index (χ1n) is 15.8. The van der Waals surface area contributed by atoms with Gasteiger partial charge in [0.15, 0.2) is 52.5 Å². The molecule has 7 rings (SSSR count). The van der Waals surface area contributed by atoms with Crippen LogP contribution in [0.1, 0.15) is 56.3 Å². The Bertz CT molecular complexity index is 2280. The Balaban J connectivity index is 1.48. The number of phenols is 11. The molecule has 0 amide bonds. The molecule has 0 saturated carbocycles. The van der Waals surface area contributed by atoms with Gasteiger partial charge in [-0.05, 0) is 42.0 Å². The molecule has 5 atom stereocenters. The highest BCUT2D eigenvalue weighted by Crippen LogP contribution is 2.58. The monoisotopic (exact) mass is 730 g/mol. The van der Waals surface area contributed by atoms with Crippen LogP contribution in [0.2, 0.25) is 0 Å². The molecule has 274 valence electrons. The molecular formula is C37H30O16. The largest absolute Gasteiger partial charge is 0.508 e. The Morgan fingerprint density at radius 3 is 1.77 bits per heavy atom. The van der Waals surface area contributed by atoms with E-state index in [-0.39, 0.29) is 45.7 Å². The summed E-state index contributed by atoms with van der Waals surface area (Å²) in [6.45, 7) is 0. The number of rotatable bonds is 5. The lowest BCUT2D eigenvalue weighted by atomic mass is 9.77. The number of carbonyl (C=O) groups excluding carboxylic acids is 1. The highest BCUT2D eigenvalue weighted by atomic mass is 16.6. The molecule has 16 nitrogen and oxygen atoms in total. The summed E-state index contributed by atoms with van der Waals surface area (Å²) in [4.78, 5) is 13.8. The van der Waals surface area contributed by atoms with Gasteiger partial charge in [0.05, 0.1) is 17.6 Å². The Hall–Kier alpha value is -7.07. The van der Waals surface area contributed by atoms with Crippen LogP contribution in [-0.4, -0.2) is 79.5 Å². The first kappa shape index (κ1) is 34.4. The maximum Gasteiger partial charge on any atom is 0.338 e. The van der Waals surface area contributed by atoms with Gasteiger partial charge in [0.2, 0.25) is 0 Å². The fourth-order valence-corrected chi connectivity index (χ4v) is 6.73. The van der Waals surface area contributed by atoms with Crippen molar-refractivity contribution in [3.63, 3.8) is 0 Å². The Morgan fingerprint density at radius 1 is 0.585 bits per heavy atom. The average Bonchev–Trinajstić information content (AvgIpc) is 3.09. The van der Waals surface area contributed by atoms with E-state index in [1.165, 1.54) is 12.1 Å². The summed E-state index contributed by atoms with van der Waals surface area (Å²) in [6.07, 6.45) is -6.19. The number of esters is 1.